The van der Waals surface area contributed by atoms with E-state index in [-0.39, 0.29) is 0 Å². The van der Waals surface area contributed by atoms with E-state index >= 15 is 0 Å². The molecule has 2 aromatic rings. The van der Waals surface area contributed by atoms with Crippen molar-refractivity contribution >= 4 is 11.3 Å². The third kappa shape index (κ3) is 3.24. The van der Waals surface area contributed by atoms with E-state index in [1.54, 1.807) is 11.3 Å². The van der Waals surface area contributed by atoms with Crippen LogP contribution in [-0.4, -0.2) is 60.7 Å². The highest BCUT2D eigenvalue weighted by Crippen LogP contribution is 2.63. The number of aryl methyl sites for hydroxylation is 1. The highest BCUT2D eigenvalue weighted by Gasteiger charge is 2.62. The van der Waals surface area contributed by atoms with Gasteiger partial charge in [0.15, 0.2) is 0 Å². The van der Waals surface area contributed by atoms with Gasteiger partial charge < -0.3 is 9.15 Å². The van der Waals surface area contributed by atoms with Crippen LogP contribution in [0.3, 0.4) is 0 Å². The van der Waals surface area contributed by atoms with Gasteiger partial charge in [0.1, 0.15) is 5.76 Å². The molecule has 0 radical (unpaired) electrons. The third-order valence-electron chi connectivity index (χ3n) is 7.11. The molecule has 5 rings (SSSR count). The standard InChI is InChI=1S/C22H31N3O2S/c1-16-17(23-20(27-16)18-5-4-10-28-18)11-25-12-19-21(2,3)13-22(19,15-25)14-24-6-8-26-9-7-24/h4-5,10,19H,6-9,11-15H2,1-3H3/t19-,22+/m1/s1. The van der Waals surface area contributed by atoms with Gasteiger partial charge in [0, 0.05) is 44.7 Å². The van der Waals surface area contributed by atoms with Crippen LogP contribution in [-0.2, 0) is 11.3 Å². The molecule has 0 bridgehead atoms. The monoisotopic (exact) mass is 401 g/mol. The number of morpholine rings is 1. The molecule has 28 heavy (non-hydrogen) atoms. The van der Waals surface area contributed by atoms with Gasteiger partial charge in [-0.15, -0.1) is 11.3 Å². The zero-order valence-electron chi connectivity index (χ0n) is 17.2. The van der Waals surface area contributed by atoms with Crippen LogP contribution in [0, 0.1) is 23.7 Å². The van der Waals surface area contributed by atoms with Crippen molar-refractivity contribution in [3.05, 3.63) is 29.0 Å². The number of aromatic nitrogens is 1. The lowest BCUT2D eigenvalue weighted by Gasteiger charge is -2.58. The van der Waals surface area contributed by atoms with Crippen molar-refractivity contribution in [2.45, 2.75) is 33.7 Å². The summed E-state index contributed by atoms with van der Waals surface area (Å²) in [6.07, 6.45) is 1.33. The Morgan fingerprint density at radius 3 is 2.79 bits per heavy atom. The number of nitrogens with zero attached hydrogens (tertiary/aromatic N) is 3. The van der Waals surface area contributed by atoms with Crippen LogP contribution in [0.2, 0.25) is 0 Å². The lowest BCUT2D eigenvalue weighted by molar-refractivity contribution is -0.0967. The smallest absolute Gasteiger partial charge is 0.236 e. The second kappa shape index (κ2) is 6.94. The molecule has 2 atom stereocenters. The zero-order valence-corrected chi connectivity index (χ0v) is 18.1. The van der Waals surface area contributed by atoms with E-state index in [1.165, 1.54) is 26.1 Å². The molecule has 2 aromatic heterocycles. The van der Waals surface area contributed by atoms with Gasteiger partial charge in [-0.3, -0.25) is 9.80 Å². The Morgan fingerprint density at radius 1 is 1.25 bits per heavy atom. The van der Waals surface area contributed by atoms with Crippen molar-refractivity contribution in [2.24, 2.45) is 16.7 Å². The molecule has 2 aliphatic heterocycles. The highest BCUT2D eigenvalue weighted by molar-refractivity contribution is 7.13. The van der Waals surface area contributed by atoms with E-state index in [2.05, 4.69) is 48.1 Å². The molecule has 0 amide bonds. The van der Waals surface area contributed by atoms with E-state index in [9.17, 15) is 0 Å². The summed E-state index contributed by atoms with van der Waals surface area (Å²) in [5.74, 6) is 2.50. The van der Waals surface area contributed by atoms with Gasteiger partial charge >= 0.3 is 0 Å². The molecule has 1 saturated carbocycles. The number of ether oxygens (including phenoxy) is 1. The molecule has 3 fully saturated rings. The third-order valence-corrected chi connectivity index (χ3v) is 7.97. The van der Waals surface area contributed by atoms with Crippen LogP contribution in [0.1, 0.15) is 31.7 Å². The van der Waals surface area contributed by atoms with Gasteiger partial charge in [-0.2, -0.15) is 0 Å². The minimum Gasteiger partial charge on any atom is -0.440 e. The van der Waals surface area contributed by atoms with Crippen LogP contribution in [0.15, 0.2) is 21.9 Å². The van der Waals surface area contributed by atoms with Crippen molar-refractivity contribution in [3.8, 4) is 10.8 Å². The van der Waals surface area contributed by atoms with E-state index in [1.807, 2.05) is 0 Å². The Labute approximate surface area is 171 Å². The Bertz CT molecular complexity index is 825. The number of oxazole rings is 1. The molecule has 6 heteroatoms. The summed E-state index contributed by atoms with van der Waals surface area (Å²) in [7, 11) is 0. The van der Waals surface area contributed by atoms with Gasteiger partial charge in [0.05, 0.1) is 23.8 Å². The number of rotatable bonds is 5. The molecule has 4 heterocycles. The summed E-state index contributed by atoms with van der Waals surface area (Å²) in [5.41, 5.74) is 1.99. The maximum Gasteiger partial charge on any atom is 0.236 e. The van der Waals surface area contributed by atoms with Gasteiger partial charge in [-0.25, -0.2) is 4.98 Å². The molecule has 3 aliphatic rings. The highest BCUT2D eigenvalue weighted by atomic mass is 32.1. The number of hydrogen-bond donors (Lipinski definition) is 0. The van der Waals surface area contributed by atoms with E-state index in [0.717, 1.165) is 61.0 Å². The second-order valence-electron chi connectivity index (χ2n) is 9.64. The van der Waals surface area contributed by atoms with Crippen LogP contribution in [0.4, 0.5) is 0 Å². The molecular weight excluding hydrogens is 370 g/mol. The average Bonchev–Trinajstić information content (AvgIpc) is 3.36. The first-order valence-electron chi connectivity index (χ1n) is 10.5. The first kappa shape index (κ1) is 18.8. The first-order chi connectivity index (χ1) is 13.5. The van der Waals surface area contributed by atoms with E-state index in [4.69, 9.17) is 14.1 Å². The molecule has 2 saturated heterocycles. The maximum absolute atomic E-state index is 5.98. The first-order valence-corrected chi connectivity index (χ1v) is 11.4. The van der Waals surface area contributed by atoms with Crippen molar-refractivity contribution in [2.75, 3.05) is 45.9 Å². The minimum absolute atomic E-state index is 0.440. The fourth-order valence-electron chi connectivity index (χ4n) is 6.06. The zero-order chi connectivity index (χ0) is 19.4. The summed E-state index contributed by atoms with van der Waals surface area (Å²) in [4.78, 5) is 11.2. The Kier molecular flexibility index (Phi) is 4.66. The second-order valence-corrected chi connectivity index (χ2v) is 10.6. The Balaban J connectivity index is 1.31. The normalized spacial score (nSPS) is 30.3. The van der Waals surface area contributed by atoms with Gasteiger partial charge in [-0.1, -0.05) is 19.9 Å². The lowest BCUT2D eigenvalue weighted by atomic mass is 9.48. The van der Waals surface area contributed by atoms with Gasteiger partial charge in [-0.05, 0) is 36.1 Å². The van der Waals surface area contributed by atoms with Crippen molar-refractivity contribution in [1.82, 2.24) is 14.8 Å². The summed E-state index contributed by atoms with van der Waals surface area (Å²) in [6.45, 7) is 15.4. The molecule has 1 aliphatic carbocycles. The van der Waals surface area contributed by atoms with Crippen molar-refractivity contribution in [1.29, 1.82) is 0 Å². The number of fused-ring (bicyclic) bond motifs is 1. The minimum atomic E-state index is 0.440. The molecule has 0 spiro atoms. The fraction of sp³-hybridized carbons (Fsp3) is 0.682. The number of thiophene rings is 1. The SMILES string of the molecule is Cc1oc(-c2cccs2)nc1CN1C[C@@H]2C(C)(C)C[C@]2(CN2CCOCC2)C1. The molecule has 0 N–H and O–H groups in total. The van der Waals surface area contributed by atoms with Crippen LogP contribution in [0.5, 0.6) is 0 Å². The Hall–Kier alpha value is -1.21. The summed E-state index contributed by atoms with van der Waals surface area (Å²) < 4.78 is 11.5. The quantitative estimate of drug-likeness (QED) is 0.760. The number of hydrogen-bond acceptors (Lipinski definition) is 6. The molecule has 152 valence electrons. The van der Waals surface area contributed by atoms with E-state index in [0.29, 0.717) is 10.8 Å². The maximum atomic E-state index is 5.98. The molecular formula is C22H31N3O2S. The van der Waals surface area contributed by atoms with Crippen LogP contribution in [0.25, 0.3) is 10.8 Å². The average molecular weight is 402 g/mol. The fourth-order valence-corrected chi connectivity index (χ4v) is 6.71. The Morgan fingerprint density at radius 2 is 2.07 bits per heavy atom. The van der Waals surface area contributed by atoms with Crippen molar-refractivity contribution in [3.63, 3.8) is 0 Å². The van der Waals surface area contributed by atoms with Gasteiger partial charge in [0.25, 0.3) is 0 Å². The molecule has 0 unspecified atom stereocenters. The van der Waals surface area contributed by atoms with Crippen molar-refractivity contribution < 1.29 is 9.15 Å². The summed E-state index contributed by atoms with van der Waals surface area (Å²) in [6, 6.07) is 4.13. The topological polar surface area (TPSA) is 41.7 Å². The van der Waals surface area contributed by atoms with Gasteiger partial charge in [0.2, 0.25) is 5.89 Å². The predicted molar refractivity (Wildman–Crippen MR) is 111 cm³/mol. The van der Waals surface area contributed by atoms with E-state index < -0.39 is 0 Å². The largest absolute Gasteiger partial charge is 0.440 e. The molecule has 0 aromatic carbocycles. The summed E-state index contributed by atoms with van der Waals surface area (Å²) in [5, 5.41) is 2.07. The van der Waals surface area contributed by atoms with Crippen LogP contribution >= 0.6 is 11.3 Å². The van der Waals surface area contributed by atoms with Crippen LogP contribution < -0.4 is 0 Å². The summed E-state index contributed by atoms with van der Waals surface area (Å²) >= 11 is 1.68. The molecule has 5 nitrogen and oxygen atoms in total. The number of likely N-dealkylation sites (tertiary alicyclic amines) is 1. The lowest BCUT2D eigenvalue weighted by Crippen LogP contribution is -2.59. The predicted octanol–water partition coefficient (Wildman–Crippen LogP) is 3.89.